The van der Waals surface area contributed by atoms with Crippen LogP contribution in [0.25, 0.3) is 23.1 Å². The van der Waals surface area contributed by atoms with Gasteiger partial charge in [0.25, 0.3) is 0 Å². The first-order valence-electron chi connectivity index (χ1n) is 10.1. The van der Waals surface area contributed by atoms with E-state index in [0.717, 1.165) is 22.4 Å². The van der Waals surface area contributed by atoms with Crippen molar-refractivity contribution in [1.29, 1.82) is 0 Å². The van der Waals surface area contributed by atoms with Crippen LogP contribution in [0.3, 0.4) is 0 Å². The highest BCUT2D eigenvalue weighted by atomic mass is 16.5. The predicted octanol–water partition coefficient (Wildman–Crippen LogP) is 5.25. The van der Waals surface area contributed by atoms with Gasteiger partial charge in [-0.1, -0.05) is 61.5 Å². The lowest BCUT2D eigenvalue weighted by atomic mass is 9.99. The van der Waals surface area contributed by atoms with E-state index in [2.05, 4.69) is 41.2 Å². The van der Waals surface area contributed by atoms with Gasteiger partial charge in [-0.05, 0) is 23.3 Å². The summed E-state index contributed by atoms with van der Waals surface area (Å²) in [5.74, 6) is 2.69. The smallest absolute Gasteiger partial charge is 0.222 e. The molecule has 1 aromatic heterocycles. The molecule has 6 heteroatoms. The average molecular weight is 410 g/mol. The van der Waals surface area contributed by atoms with Crippen molar-refractivity contribution >= 4 is 34.8 Å². The third-order valence-corrected chi connectivity index (χ3v) is 5.31. The van der Waals surface area contributed by atoms with Gasteiger partial charge in [0.1, 0.15) is 23.1 Å². The van der Waals surface area contributed by atoms with Crippen molar-refractivity contribution < 1.29 is 9.47 Å². The summed E-state index contributed by atoms with van der Waals surface area (Å²) in [6.07, 6.45) is 4.14. The topological polar surface area (TPSA) is 96.3 Å². The molecule has 1 unspecified atom stereocenters. The largest absolute Gasteiger partial charge is 0.492 e. The fourth-order valence-electron chi connectivity index (χ4n) is 3.86. The molecule has 0 bridgehead atoms. The molecule has 1 aliphatic rings. The van der Waals surface area contributed by atoms with Crippen molar-refractivity contribution in [2.45, 2.75) is 12.8 Å². The third-order valence-electron chi connectivity index (χ3n) is 5.31. The molecule has 2 heterocycles. The Bertz CT molecular complexity index is 1300. The van der Waals surface area contributed by atoms with Crippen molar-refractivity contribution in [2.75, 3.05) is 18.1 Å². The monoisotopic (exact) mass is 410 g/mol. The normalized spacial score (nSPS) is 15.2. The number of benzene rings is 3. The number of rotatable bonds is 4. The zero-order valence-electron chi connectivity index (χ0n) is 17.1. The first-order valence-corrected chi connectivity index (χ1v) is 10.1. The Kier molecular flexibility index (Phi) is 4.67. The van der Waals surface area contributed by atoms with Gasteiger partial charge in [-0.3, -0.25) is 0 Å². The summed E-state index contributed by atoms with van der Waals surface area (Å²) in [5, 5.41) is 0.681. The van der Waals surface area contributed by atoms with Crippen LogP contribution in [0.15, 0.2) is 60.7 Å². The van der Waals surface area contributed by atoms with Crippen LogP contribution in [0.5, 0.6) is 17.2 Å². The van der Waals surface area contributed by atoms with Crippen LogP contribution in [-0.4, -0.2) is 16.6 Å². The Morgan fingerprint density at radius 1 is 0.968 bits per heavy atom. The molecular weight excluding hydrogens is 388 g/mol. The Hall–Kier alpha value is -4.06. The minimum absolute atomic E-state index is 0.120. The number of nitrogens with zero attached hydrogens (tertiary/aromatic N) is 2. The van der Waals surface area contributed by atoms with Gasteiger partial charge in [-0.15, -0.1) is 0 Å². The van der Waals surface area contributed by atoms with E-state index in [-0.39, 0.29) is 11.9 Å². The summed E-state index contributed by atoms with van der Waals surface area (Å²) >= 11 is 0. The highest BCUT2D eigenvalue weighted by molar-refractivity contribution is 5.97. The lowest BCUT2D eigenvalue weighted by molar-refractivity contribution is 0.340. The van der Waals surface area contributed by atoms with Crippen molar-refractivity contribution in [3.8, 4) is 17.2 Å². The van der Waals surface area contributed by atoms with Gasteiger partial charge in [0.05, 0.1) is 17.5 Å². The van der Waals surface area contributed by atoms with Gasteiger partial charge in [0.15, 0.2) is 0 Å². The predicted molar refractivity (Wildman–Crippen MR) is 124 cm³/mol. The second kappa shape index (κ2) is 7.65. The molecule has 1 aliphatic heterocycles. The van der Waals surface area contributed by atoms with Crippen molar-refractivity contribution in [3.63, 3.8) is 0 Å². The number of aromatic nitrogens is 2. The van der Waals surface area contributed by atoms with E-state index < -0.39 is 0 Å². The lowest BCUT2D eigenvalue weighted by Crippen LogP contribution is -2.02. The highest BCUT2D eigenvalue weighted by Crippen LogP contribution is 2.47. The molecule has 3 aromatic carbocycles. The number of ether oxygens (including phenoxy) is 2. The summed E-state index contributed by atoms with van der Waals surface area (Å²) in [5.41, 5.74) is 15.7. The number of fused-ring (bicyclic) bond motifs is 3. The van der Waals surface area contributed by atoms with Crippen molar-refractivity contribution in [2.24, 2.45) is 0 Å². The fourth-order valence-corrected chi connectivity index (χ4v) is 3.86. The van der Waals surface area contributed by atoms with Crippen LogP contribution in [0.2, 0.25) is 0 Å². The van der Waals surface area contributed by atoms with Gasteiger partial charge in [-0.25, -0.2) is 4.98 Å². The molecule has 0 saturated carbocycles. The van der Waals surface area contributed by atoms with Crippen LogP contribution in [0, 0.1) is 0 Å². The Morgan fingerprint density at radius 2 is 1.74 bits per heavy atom. The van der Waals surface area contributed by atoms with Crippen molar-refractivity contribution in [1.82, 2.24) is 9.97 Å². The summed E-state index contributed by atoms with van der Waals surface area (Å²) in [6, 6.07) is 20.0. The van der Waals surface area contributed by atoms with Gasteiger partial charge < -0.3 is 20.9 Å². The Labute approximate surface area is 180 Å². The van der Waals surface area contributed by atoms with Crippen LogP contribution in [0.4, 0.5) is 11.8 Å². The number of nitrogen functional groups attached to an aromatic ring is 2. The van der Waals surface area contributed by atoms with Gasteiger partial charge in [0, 0.05) is 17.5 Å². The zero-order chi connectivity index (χ0) is 21.4. The minimum atomic E-state index is 0.120. The SMILES string of the molecule is CC1COc2c1c(Oc1cccc(C=Cc3ccccc3)c1)cc1nc(N)nc(N)c21. The van der Waals surface area contributed by atoms with Crippen LogP contribution in [-0.2, 0) is 0 Å². The van der Waals surface area contributed by atoms with E-state index in [1.54, 1.807) is 0 Å². The average Bonchev–Trinajstić information content (AvgIpc) is 3.14. The molecule has 0 fully saturated rings. The summed E-state index contributed by atoms with van der Waals surface area (Å²) < 4.78 is 12.3. The van der Waals surface area contributed by atoms with E-state index in [9.17, 15) is 0 Å². The molecule has 0 radical (unpaired) electrons. The van der Waals surface area contributed by atoms with E-state index in [1.165, 1.54) is 0 Å². The van der Waals surface area contributed by atoms with E-state index in [4.69, 9.17) is 20.9 Å². The number of hydrogen-bond acceptors (Lipinski definition) is 6. The highest BCUT2D eigenvalue weighted by Gasteiger charge is 2.29. The van der Waals surface area contributed by atoms with Gasteiger partial charge in [-0.2, -0.15) is 4.98 Å². The lowest BCUT2D eigenvalue weighted by Gasteiger charge is -2.14. The molecule has 4 N–H and O–H groups in total. The maximum Gasteiger partial charge on any atom is 0.222 e. The molecule has 0 saturated heterocycles. The standard InChI is InChI=1S/C25H22N4O2/c1-15-14-30-23-21(15)20(13-19-22(23)24(26)29-25(27)28-19)31-18-9-5-8-17(12-18)11-10-16-6-3-2-4-7-16/h2-13,15H,14H2,1H3,(H4,26,27,28,29). The van der Waals surface area contributed by atoms with E-state index in [1.807, 2.05) is 48.5 Å². The quantitative estimate of drug-likeness (QED) is 0.446. The summed E-state index contributed by atoms with van der Waals surface area (Å²) in [6.45, 7) is 2.65. The second-order valence-electron chi connectivity index (χ2n) is 7.61. The maximum absolute atomic E-state index is 6.32. The molecule has 31 heavy (non-hydrogen) atoms. The van der Waals surface area contributed by atoms with Crippen LogP contribution in [0.1, 0.15) is 29.5 Å². The first-order chi connectivity index (χ1) is 15.1. The first kappa shape index (κ1) is 18.9. The molecule has 0 amide bonds. The van der Waals surface area contributed by atoms with Crippen molar-refractivity contribution in [3.05, 3.63) is 77.4 Å². The third kappa shape index (κ3) is 3.64. The molecule has 6 nitrogen and oxygen atoms in total. The number of anilines is 2. The van der Waals surface area contributed by atoms with Gasteiger partial charge in [0.2, 0.25) is 5.95 Å². The Morgan fingerprint density at radius 3 is 2.58 bits per heavy atom. The number of nitrogens with two attached hydrogens (primary N) is 2. The summed E-state index contributed by atoms with van der Waals surface area (Å²) in [7, 11) is 0. The van der Waals surface area contributed by atoms with Crippen LogP contribution >= 0.6 is 0 Å². The van der Waals surface area contributed by atoms with E-state index in [0.29, 0.717) is 34.8 Å². The molecule has 154 valence electrons. The molecule has 1 atom stereocenters. The summed E-state index contributed by atoms with van der Waals surface area (Å²) in [4.78, 5) is 8.43. The second-order valence-corrected chi connectivity index (χ2v) is 7.61. The molecule has 0 spiro atoms. The van der Waals surface area contributed by atoms with Crippen LogP contribution < -0.4 is 20.9 Å². The Balaban J connectivity index is 1.53. The molecule has 5 rings (SSSR count). The van der Waals surface area contributed by atoms with E-state index >= 15 is 0 Å². The minimum Gasteiger partial charge on any atom is -0.492 e. The zero-order valence-corrected chi connectivity index (χ0v) is 17.1. The van der Waals surface area contributed by atoms with Gasteiger partial charge >= 0.3 is 0 Å². The fraction of sp³-hybridized carbons (Fsp3) is 0.120. The molecular formula is C25H22N4O2. The number of hydrogen-bond donors (Lipinski definition) is 2. The molecule has 4 aromatic rings. The maximum atomic E-state index is 6.32. The molecule has 0 aliphatic carbocycles.